The standard InChI is InChI=1S/C11H13ClN2O2/c1-6(15)2-3-11-14-9-4-7(12)8(13)5-10(9)16-11/h4-6,15H,2-3,13H2,1H3. The van der Waals surface area contributed by atoms with Gasteiger partial charge in [-0.05, 0) is 19.4 Å². The quantitative estimate of drug-likeness (QED) is 0.808. The van der Waals surface area contributed by atoms with Gasteiger partial charge in [-0.1, -0.05) is 11.6 Å². The number of anilines is 1. The third-order valence-electron chi connectivity index (χ3n) is 2.33. The number of nitrogens with two attached hydrogens (primary N) is 1. The van der Waals surface area contributed by atoms with Crippen LogP contribution in [0.15, 0.2) is 16.5 Å². The Morgan fingerprint density at radius 2 is 2.31 bits per heavy atom. The van der Waals surface area contributed by atoms with E-state index in [1.165, 1.54) is 0 Å². The van der Waals surface area contributed by atoms with Gasteiger partial charge in [0.25, 0.3) is 0 Å². The van der Waals surface area contributed by atoms with Crippen LogP contribution in [-0.4, -0.2) is 16.2 Å². The number of benzene rings is 1. The second kappa shape index (κ2) is 4.31. The monoisotopic (exact) mass is 240 g/mol. The molecule has 0 bridgehead atoms. The van der Waals surface area contributed by atoms with Crippen LogP contribution in [-0.2, 0) is 6.42 Å². The second-order valence-electron chi connectivity index (χ2n) is 3.84. The lowest BCUT2D eigenvalue weighted by Gasteiger charge is -1.98. The molecule has 0 aliphatic carbocycles. The molecule has 16 heavy (non-hydrogen) atoms. The van der Waals surface area contributed by atoms with Gasteiger partial charge < -0.3 is 15.3 Å². The number of aliphatic hydroxyl groups excluding tert-OH is 1. The Bertz CT molecular complexity index is 469. The summed E-state index contributed by atoms with van der Waals surface area (Å²) in [6.45, 7) is 1.73. The van der Waals surface area contributed by atoms with Crippen LogP contribution in [0, 0.1) is 0 Å². The smallest absolute Gasteiger partial charge is 0.195 e. The van der Waals surface area contributed by atoms with E-state index in [1.54, 1.807) is 19.1 Å². The van der Waals surface area contributed by atoms with E-state index in [9.17, 15) is 0 Å². The molecule has 0 aliphatic heterocycles. The number of aliphatic hydroxyl groups is 1. The summed E-state index contributed by atoms with van der Waals surface area (Å²) in [6.07, 6.45) is 0.864. The van der Waals surface area contributed by atoms with Gasteiger partial charge in [-0.3, -0.25) is 0 Å². The molecule has 1 aromatic heterocycles. The molecule has 0 radical (unpaired) electrons. The molecule has 0 saturated heterocycles. The van der Waals surface area contributed by atoms with Gasteiger partial charge in [-0.25, -0.2) is 4.98 Å². The number of hydrogen-bond donors (Lipinski definition) is 2. The first kappa shape index (κ1) is 11.2. The van der Waals surface area contributed by atoms with Crippen LogP contribution in [0.4, 0.5) is 5.69 Å². The zero-order valence-corrected chi connectivity index (χ0v) is 9.66. The minimum atomic E-state index is -0.358. The first-order valence-electron chi connectivity index (χ1n) is 5.09. The van der Waals surface area contributed by atoms with Crippen molar-refractivity contribution in [1.82, 2.24) is 4.98 Å². The van der Waals surface area contributed by atoms with Crippen LogP contribution in [0.25, 0.3) is 11.1 Å². The molecule has 1 atom stereocenters. The molecule has 0 aliphatic rings. The summed E-state index contributed by atoms with van der Waals surface area (Å²) in [4.78, 5) is 4.27. The molecule has 86 valence electrons. The third kappa shape index (κ3) is 2.28. The van der Waals surface area contributed by atoms with Gasteiger partial charge in [-0.15, -0.1) is 0 Å². The van der Waals surface area contributed by atoms with Gasteiger partial charge >= 0.3 is 0 Å². The van der Waals surface area contributed by atoms with Crippen LogP contribution in [0.3, 0.4) is 0 Å². The maximum absolute atomic E-state index is 9.17. The molecular weight excluding hydrogens is 228 g/mol. The Kier molecular flexibility index (Phi) is 3.03. The Labute approximate surface area is 98.0 Å². The highest BCUT2D eigenvalue weighted by atomic mass is 35.5. The summed E-state index contributed by atoms with van der Waals surface area (Å²) < 4.78 is 5.49. The van der Waals surface area contributed by atoms with Crippen molar-refractivity contribution in [1.29, 1.82) is 0 Å². The predicted molar refractivity (Wildman–Crippen MR) is 63.4 cm³/mol. The first-order valence-corrected chi connectivity index (χ1v) is 5.46. The van der Waals surface area contributed by atoms with Crippen molar-refractivity contribution in [2.45, 2.75) is 25.9 Å². The van der Waals surface area contributed by atoms with Crippen molar-refractivity contribution >= 4 is 28.4 Å². The number of fused-ring (bicyclic) bond motifs is 1. The maximum atomic E-state index is 9.17. The lowest BCUT2D eigenvalue weighted by molar-refractivity contribution is 0.182. The Balaban J connectivity index is 2.29. The van der Waals surface area contributed by atoms with E-state index in [-0.39, 0.29) is 6.10 Å². The molecule has 1 aromatic carbocycles. The molecule has 0 amide bonds. The number of hydrogen-bond acceptors (Lipinski definition) is 4. The highest BCUT2D eigenvalue weighted by molar-refractivity contribution is 6.33. The largest absolute Gasteiger partial charge is 0.441 e. The summed E-state index contributed by atoms with van der Waals surface area (Å²) in [7, 11) is 0. The van der Waals surface area contributed by atoms with Crippen molar-refractivity contribution in [2.75, 3.05) is 5.73 Å². The molecule has 0 spiro atoms. The zero-order chi connectivity index (χ0) is 11.7. The summed E-state index contributed by atoms with van der Waals surface area (Å²) >= 11 is 5.88. The highest BCUT2D eigenvalue weighted by Crippen LogP contribution is 2.26. The van der Waals surface area contributed by atoms with Crippen molar-refractivity contribution in [2.24, 2.45) is 0 Å². The molecule has 4 nitrogen and oxygen atoms in total. The van der Waals surface area contributed by atoms with E-state index >= 15 is 0 Å². The van der Waals surface area contributed by atoms with E-state index in [1.807, 2.05) is 0 Å². The van der Waals surface area contributed by atoms with E-state index < -0.39 is 0 Å². The molecular formula is C11H13ClN2O2. The summed E-state index contributed by atoms with van der Waals surface area (Å²) in [5, 5.41) is 9.64. The molecule has 0 saturated carbocycles. The van der Waals surface area contributed by atoms with Crippen LogP contribution in [0.2, 0.25) is 5.02 Å². The van der Waals surface area contributed by atoms with Crippen molar-refractivity contribution in [3.05, 3.63) is 23.0 Å². The fraction of sp³-hybridized carbons (Fsp3) is 0.364. The van der Waals surface area contributed by atoms with Gasteiger partial charge in [0.05, 0.1) is 16.8 Å². The molecule has 2 rings (SSSR count). The zero-order valence-electron chi connectivity index (χ0n) is 8.90. The Hall–Kier alpha value is -1.26. The van der Waals surface area contributed by atoms with Crippen molar-refractivity contribution < 1.29 is 9.52 Å². The second-order valence-corrected chi connectivity index (χ2v) is 4.24. The number of halogens is 1. The minimum absolute atomic E-state index is 0.358. The maximum Gasteiger partial charge on any atom is 0.195 e. The molecule has 5 heteroatoms. The van der Waals surface area contributed by atoms with Gasteiger partial charge in [0, 0.05) is 12.5 Å². The van der Waals surface area contributed by atoms with Gasteiger partial charge in [-0.2, -0.15) is 0 Å². The fourth-order valence-corrected chi connectivity index (χ4v) is 1.61. The average molecular weight is 241 g/mol. The van der Waals surface area contributed by atoms with Crippen LogP contribution >= 0.6 is 11.6 Å². The molecule has 1 unspecified atom stereocenters. The average Bonchev–Trinajstić information content (AvgIpc) is 2.58. The molecule has 0 fully saturated rings. The summed E-state index contributed by atoms with van der Waals surface area (Å²) in [6, 6.07) is 3.35. The Morgan fingerprint density at radius 1 is 1.56 bits per heavy atom. The predicted octanol–water partition coefficient (Wildman–Crippen LogP) is 2.38. The topological polar surface area (TPSA) is 72.3 Å². The van der Waals surface area contributed by atoms with Gasteiger partial charge in [0.1, 0.15) is 5.52 Å². The van der Waals surface area contributed by atoms with E-state index in [0.717, 1.165) is 0 Å². The minimum Gasteiger partial charge on any atom is -0.441 e. The third-order valence-corrected chi connectivity index (χ3v) is 2.65. The summed E-state index contributed by atoms with van der Waals surface area (Å²) in [5.41, 5.74) is 7.46. The normalized spacial score (nSPS) is 13.2. The fourth-order valence-electron chi connectivity index (χ4n) is 1.45. The molecule has 1 heterocycles. The highest BCUT2D eigenvalue weighted by Gasteiger charge is 2.09. The van der Waals surface area contributed by atoms with Crippen LogP contribution in [0.5, 0.6) is 0 Å². The first-order chi connectivity index (χ1) is 7.56. The van der Waals surface area contributed by atoms with Gasteiger partial charge in [0.2, 0.25) is 0 Å². The van der Waals surface area contributed by atoms with Gasteiger partial charge in [0.15, 0.2) is 11.5 Å². The molecule has 3 N–H and O–H groups in total. The summed E-state index contributed by atoms with van der Waals surface area (Å²) in [5.74, 6) is 0.595. The SMILES string of the molecule is CC(O)CCc1nc2cc(Cl)c(N)cc2o1. The number of aryl methyl sites for hydroxylation is 1. The van der Waals surface area contributed by atoms with E-state index in [2.05, 4.69) is 4.98 Å². The van der Waals surface area contributed by atoms with Crippen molar-refractivity contribution in [3.63, 3.8) is 0 Å². The van der Waals surface area contributed by atoms with E-state index in [0.29, 0.717) is 40.5 Å². The van der Waals surface area contributed by atoms with Crippen LogP contribution in [0.1, 0.15) is 19.2 Å². The lowest BCUT2D eigenvalue weighted by atomic mass is 10.2. The number of oxazole rings is 1. The lowest BCUT2D eigenvalue weighted by Crippen LogP contribution is -2.01. The number of nitrogens with zero attached hydrogens (tertiary/aromatic N) is 1. The molecule has 2 aromatic rings. The van der Waals surface area contributed by atoms with E-state index in [4.69, 9.17) is 26.9 Å². The number of aromatic nitrogens is 1. The van der Waals surface area contributed by atoms with Crippen LogP contribution < -0.4 is 5.73 Å². The number of nitrogen functional groups attached to an aromatic ring is 1. The van der Waals surface area contributed by atoms with Crippen molar-refractivity contribution in [3.8, 4) is 0 Å². The number of rotatable bonds is 3. The Morgan fingerprint density at radius 3 is 3.00 bits per heavy atom.